The van der Waals surface area contributed by atoms with Crippen LogP contribution in [0.25, 0.3) is 0 Å². The van der Waals surface area contributed by atoms with E-state index >= 15 is 0 Å². The van der Waals surface area contributed by atoms with Crippen molar-refractivity contribution in [1.82, 2.24) is 0 Å². The molecule has 1 aliphatic carbocycles. The topological polar surface area (TPSA) is 23.8 Å². The van der Waals surface area contributed by atoms with E-state index in [1.54, 1.807) is 6.08 Å². The quantitative estimate of drug-likeness (QED) is 0.475. The molecule has 0 saturated heterocycles. The Bertz CT molecular complexity index is 225. The second kappa shape index (κ2) is 2.32. The highest BCUT2D eigenvalue weighted by Gasteiger charge is 1.96. The fourth-order valence-electron chi connectivity index (χ4n) is 0.746. The molecule has 0 spiro atoms. The first-order chi connectivity index (χ1) is 4.33. The van der Waals surface area contributed by atoms with Crippen molar-refractivity contribution in [2.24, 2.45) is 0 Å². The highest BCUT2D eigenvalue weighted by atomic mass is 14.2. The molecule has 0 amide bonds. The predicted molar refractivity (Wildman–Crippen MR) is 36.6 cm³/mol. The summed E-state index contributed by atoms with van der Waals surface area (Å²) < 4.78 is 0. The Morgan fingerprint density at radius 1 is 1.67 bits per heavy atom. The number of hydrogen-bond acceptors (Lipinski definition) is 1. The molecule has 0 heterocycles. The summed E-state index contributed by atoms with van der Waals surface area (Å²) in [5.41, 5.74) is 1.71. The molecule has 1 nitrogen and oxygen atoms in total. The van der Waals surface area contributed by atoms with Crippen molar-refractivity contribution in [3.8, 4) is 6.07 Å². The SMILES string of the molecule is C=C1C=CCC(C#N)=C1. The standard InChI is InChI=1S/C8H7N/c1-7-3-2-4-8(5-7)6-9/h2-3,5H,1,4H2. The minimum absolute atomic E-state index is 0.759. The number of hydrogen-bond donors (Lipinski definition) is 0. The van der Waals surface area contributed by atoms with E-state index in [1.807, 2.05) is 12.2 Å². The molecule has 0 aromatic rings. The van der Waals surface area contributed by atoms with Gasteiger partial charge in [0.05, 0.1) is 6.07 Å². The third kappa shape index (κ3) is 1.30. The Hall–Kier alpha value is -1.29. The van der Waals surface area contributed by atoms with Crippen LogP contribution >= 0.6 is 0 Å². The molecule has 0 aromatic carbocycles. The van der Waals surface area contributed by atoms with E-state index in [0.29, 0.717) is 0 Å². The average molecular weight is 117 g/mol. The summed E-state index contributed by atoms with van der Waals surface area (Å²) in [7, 11) is 0. The van der Waals surface area contributed by atoms with Gasteiger partial charge >= 0.3 is 0 Å². The zero-order valence-corrected chi connectivity index (χ0v) is 5.09. The van der Waals surface area contributed by atoms with Crippen molar-refractivity contribution < 1.29 is 0 Å². The van der Waals surface area contributed by atoms with Crippen molar-refractivity contribution in [3.05, 3.63) is 36.0 Å². The van der Waals surface area contributed by atoms with Crippen LogP contribution < -0.4 is 0 Å². The van der Waals surface area contributed by atoms with Gasteiger partial charge in [-0.25, -0.2) is 0 Å². The fraction of sp³-hybridized carbons (Fsp3) is 0.125. The lowest BCUT2D eigenvalue weighted by Crippen LogP contribution is -1.83. The zero-order valence-electron chi connectivity index (χ0n) is 5.09. The first-order valence-corrected chi connectivity index (χ1v) is 2.79. The van der Waals surface area contributed by atoms with Crippen molar-refractivity contribution in [2.75, 3.05) is 0 Å². The summed E-state index contributed by atoms with van der Waals surface area (Å²) in [6, 6.07) is 2.08. The monoisotopic (exact) mass is 117 g/mol. The van der Waals surface area contributed by atoms with Crippen molar-refractivity contribution in [2.45, 2.75) is 6.42 Å². The van der Waals surface area contributed by atoms with Crippen LogP contribution in [0.3, 0.4) is 0 Å². The first-order valence-electron chi connectivity index (χ1n) is 2.79. The maximum absolute atomic E-state index is 8.42. The Kier molecular flexibility index (Phi) is 1.51. The maximum Gasteiger partial charge on any atom is 0.0950 e. The molecular formula is C8H7N. The molecule has 44 valence electrons. The molecule has 0 saturated carbocycles. The maximum atomic E-state index is 8.42. The van der Waals surface area contributed by atoms with Crippen LogP contribution in [0.5, 0.6) is 0 Å². The Labute approximate surface area is 54.6 Å². The third-order valence-corrected chi connectivity index (χ3v) is 1.17. The number of nitriles is 1. The van der Waals surface area contributed by atoms with Crippen LogP contribution in [-0.4, -0.2) is 0 Å². The lowest BCUT2D eigenvalue weighted by atomic mass is 10.0. The largest absolute Gasteiger partial charge is 0.193 e. The number of allylic oxidation sites excluding steroid dienone is 5. The molecule has 0 aliphatic heterocycles. The van der Waals surface area contributed by atoms with Gasteiger partial charge in [-0.15, -0.1) is 0 Å². The van der Waals surface area contributed by atoms with Crippen LogP contribution in [0.1, 0.15) is 6.42 Å². The van der Waals surface area contributed by atoms with E-state index in [4.69, 9.17) is 5.26 Å². The third-order valence-electron chi connectivity index (χ3n) is 1.17. The van der Waals surface area contributed by atoms with Gasteiger partial charge in [0.1, 0.15) is 0 Å². The molecule has 0 radical (unpaired) electrons. The summed E-state index contributed by atoms with van der Waals surface area (Å²) in [6.07, 6.45) is 6.43. The predicted octanol–water partition coefficient (Wildman–Crippen LogP) is 1.95. The van der Waals surface area contributed by atoms with Crippen LogP contribution in [-0.2, 0) is 0 Å². The molecule has 9 heavy (non-hydrogen) atoms. The van der Waals surface area contributed by atoms with Gasteiger partial charge in [-0.2, -0.15) is 5.26 Å². The minimum Gasteiger partial charge on any atom is -0.193 e. The molecule has 0 aromatic heterocycles. The van der Waals surface area contributed by atoms with Crippen molar-refractivity contribution >= 4 is 0 Å². The molecule has 1 rings (SSSR count). The van der Waals surface area contributed by atoms with Crippen LogP contribution in [0.15, 0.2) is 36.0 Å². The van der Waals surface area contributed by atoms with Crippen LogP contribution in [0.2, 0.25) is 0 Å². The molecule has 0 N–H and O–H groups in total. The van der Waals surface area contributed by atoms with Crippen molar-refractivity contribution in [3.63, 3.8) is 0 Å². The summed E-state index contributed by atoms with van der Waals surface area (Å²) in [6.45, 7) is 3.70. The minimum atomic E-state index is 0.759. The Morgan fingerprint density at radius 3 is 2.89 bits per heavy atom. The lowest BCUT2D eigenvalue weighted by Gasteiger charge is -1.99. The molecule has 0 unspecified atom stereocenters. The average Bonchev–Trinajstić information content (AvgIpc) is 1.88. The van der Waals surface area contributed by atoms with E-state index in [-0.39, 0.29) is 0 Å². The van der Waals surface area contributed by atoms with E-state index < -0.39 is 0 Å². The van der Waals surface area contributed by atoms with Gasteiger partial charge < -0.3 is 0 Å². The molecule has 1 heteroatoms. The summed E-state index contributed by atoms with van der Waals surface area (Å²) in [5, 5.41) is 8.42. The second-order valence-electron chi connectivity index (χ2n) is 1.96. The van der Waals surface area contributed by atoms with Gasteiger partial charge in [-0.3, -0.25) is 0 Å². The summed E-state index contributed by atoms with van der Waals surface area (Å²) >= 11 is 0. The van der Waals surface area contributed by atoms with Crippen molar-refractivity contribution in [1.29, 1.82) is 5.26 Å². The highest BCUT2D eigenvalue weighted by Crippen LogP contribution is 2.12. The van der Waals surface area contributed by atoms with E-state index in [0.717, 1.165) is 17.6 Å². The van der Waals surface area contributed by atoms with Crippen LogP contribution in [0.4, 0.5) is 0 Å². The fourth-order valence-corrected chi connectivity index (χ4v) is 0.746. The van der Waals surface area contributed by atoms with Gasteiger partial charge in [0.15, 0.2) is 0 Å². The first kappa shape index (κ1) is 5.84. The lowest BCUT2D eigenvalue weighted by molar-refractivity contribution is 1.25. The van der Waals surface area contributed by atoms with Gasteiger partial charge in [-0.1, -0.05) is 18.7 Å². The van der Waals surface area contributed by atoms with E-state index in [9.17, 15) is 0 Å². The summed E-state index contributed by atoms with van der Waals surface area (Å²) in [4.78, 5) is 0. The summed E-state index contributed by atoms with van der Waals surface area (Å²) in [5.74, 6) is 0. The molecule has 0 atom stereocenters. The molecule has 0 bridgehead atoms. The second-order valence-corrected chi connectivity index (χ2v) is 1.96. The van der Waals surface area contributed by atoms with E-state index in [1.165, 1.54) is 0 Å². The number of rotatable bonds is 0. The smallest absolute Gasteiger partial charge is 0.0950 e. The van der Waals surface area contributed by atoms with Gasteiger partial charge in [0.2, 0.25) is 0 Å². The van der Waals surface area contributed by atoms with Crippen LogP contribution in [0, 0.1) is 11.3 Å². The Balaban J connectivity index is 2.81. The number of nitrogens with zero attached hydrogens (tertiary/aromatic N) is 1. The van der Waals surface area contributed by atoms with Gasteiger partial charge in [-0.05, 0) is 11.6 Å². The normalized spacial score (nSPS) is 16.8. The molecular weight excluding hydrogens is 110 g/mol. The molecule has 0 fully saturated rings. The van der Waals surface area contributed by atoms with Gasteiger partial charge in [0.25, 0.3) is 0 Å². The van der Waals surface area contributed by atoms with E-state index in [2.05, 4.69) is 12.6 Å². The molecule has 1 aliphatic rings. The van der Waals surface area contributed by atoms with Gasteiger partial charge in [0, 0.05) is 12.0 Å². The zero-order chi connectivity index (χ0) is 6.69. The Morgan fingerprint density at radius 2 is 2.44 bits per heavy atom. The highest BCUT2D eigenvalue weighted by molar-refractivity contribution is 5.41.